The van der Waals surface area contributed by atoms with Crippen molar-refractivity contribution in [1.29, 1.82) is 0 Å². The summed E-state index contributed by atoms with van der Waals surface area (Å²) in [5, 5.41) is 0. The molecule has 4 rings (SSSR count). The number of halogens is 3. The zero-order valence-corrected chi connectivity index (χ0v) is 19.1. The minimum Gasteiger partial charge on any atom is -0.439 e. The van der Waals surface area contributed by atoms with E-state index < -0.39 is 22.1 Å². The highest BCUT2D eigenvalue weighted by molar-refractivity contribution is 7.92. The summed E-state index contributed by atoms with van der Waals surface area (Å²) < 4.78 is 75.5. The molecule has 2 aromatic carbocycles. The molecule has 0 aliphatic heterocycles. The molecular weight excluding hydrogens is 487 g/mol. The number of ether oxygens (including phenoxy) is 2. The third-order valence-electron chi connectivity index (χ3n) is 4.82. The highest BCUT2D eigenvalue weighted by Crippen LogP contribution is 2.26. The zero-order chi connectivity index (χ0) is 25.2. The van der Waals surface area contributed by atoms with Crippen LogP contribution in [0, 0.1) is 13.8 Å². The number of rotatable bonds is 7. The monoisotopic (exact) mass is 505 g/mol. The molecule has 9 nitrogen and oxygen atoms in total. The maximum absolute atomic E-state index is 12.5. The zero-order valence-electron chi connectivity index (χ0n) is 18.3. The number of benzene rings is 2. The average molecular weight is 505 g/mol. The molecule has 0 unspecified atom stereocenters. The van der Waals surface area contributed by atoms with Crippen molar-refractivity contribution in [2.45, 2.75) is 25.1 Å². The first-order chi connectivity index (χ1) is 16.5. The minimum atomic E-state index is -4.87. The van der Waals surface area contributed by atoms with E-state index in [1.165, 1.54) is 30.6 Å². The third kappa shape index (κ3) is 5.87. The van der Waals surface area contributed by atoms with Crippen LogP contribution in [-0.4, -0.2) is 34.3 Å². The Morgan fingerprint density at radius 3 is 2.17 bits per heavy atom. The molecule has 2 aromatic heterocycles. The number of hydrogen-bond acceptors (Lipinski definition) is 7. The van der Waals surface area contributed by atoms with Gasteiger partial charge in [-0.05, 0) is 62.4 Å². The van der Waals surface area contributed by atoms with Crippen molar-refractivity contribution in [1.82, 2.24) is 19.5 Å². The van der Waals surface area contributed by atoms with Gasteiger partial charge in [-0.25, -0.2) is 23.4 Å². The summed E-state index contributed by atoms with van der Waals surface area (Å²) in [4.78, 5) is 12.3. The molecule has 0 aliphatic rings. The molecular formula is C22H18F3N5O4S. The van der Waals surface area contributed by atoms with Gasteiger partial charge in [-0.1, -0.05) is 0 Å². The van der Waals surface area contributed by atoms with Crippen molar-refractivity contribution in [2.75, 3.05) is 4.72 Å². The number of nitrogens with zero attached hydrogens (tertiary/aromatic N) is 4. The van der Waals surface area contributed by atoms with Crippen molar-refractivity contribution < 1.29 is 31.1 Å². The molecule has 0 saturated carbocycles. The summed E-state index contributed by atoms with van der Waals surface area (Å²) in [6, 6.07) is 11.5. The van der Waals surface area contributed by atoms with Crippen LogP contribution in [0.1, 0.15) is 11.4 Å². The minimum absolute atomic E-state index is 0.223. The van der Waals surface area contributed by atoms with Crippen LogP contribution in [0.3, 0.4) is 0 Å². The second kappa shape index (κ2) is 9.25. The standard InChI is InChI=1S/C22H18F3N5O4S/c1-14-15(2)30(13-28-14)20-11-21(27-12-26-20)33-17-5-3-16(4-6-17)29-35(31,32)19-9-7-18(8-10-19)34-22(23,24)25/h3-13,29H,1-2H3. The molecule has 0 fully saturated rings. The largest absolute Gasteiger partial charge is 0.573 e. The van der Waals surface area contributed by atoms with Gasteiger partial charge in [0.1, 0.15) is 30.0 Å². The lowest BCUT2D eigenvalue weighted by molar-refractivity contribution is -0.274. The van der Waals surface area contributed by atoms with Gasteiger partial charge in [0.15, 0.2) is 0 Å². The van der Waals surface area contributed by atoms with E-state index in [1.54, 1.807) is 17.0 Å². The first kappa shape index (κ1) is 24.0. The molecule has 0 saturated heterocycles. The molecule has 35 heavy (non-hydrogen) atoms. The summed E-state index contributed by atoms with van der Waals surface area (Å²) in [7, 11) is -4.04. The fourth-order valence-electron chi connectivity index (χ4n) is 2.99. The average Bonchev–Trinajstić information content (AvgIpc) is 3.13. The van der Waals surface area contributed by atoms with Crippen molar-refractivity contribution in [3.63, 3.8) is 0 Å². The molecule has 0 atom stereocenters. The van der Waals surface area contributed by atoms with Crippen LogP contribution in [0.15, 0.2) is 72.1 Å². The molecule has 0 aliphatic carbocycles. The van der Waals surface area contributed by atoms with E-state index in [9.17, 15) is 21.6 Å². The van der Waals surface area contributed by atoms with Gasteiger partial charge in [-0.15, -0.1) is 13.2 Å². The van der Waals surface area contributed by atoms with Crippen molar-refractivity contribution in [3.05, 3.63) is 78.6 Å². The molecule has 13 heteroatoms. The molecule has 1 N–H and O–H groups in total. The molecule has 4 aromatic rings. The van der Waals surface area contributed by atoms with Crippen molar-refractivity contribution in [2.24, 2.45) is 0 Å². The van der Waals surface area contributed by atoms with Crippen LogP contribution >= 0.6 is 0 Å². The van der Waals surface area contributed by atoms with Gasteiger partial charge in [0.05, 0.1) is 10.6 Å². The Morgan fingerprint density at radius 1 is 0.914 bits per heavy atom. The molecule has 0 bridgehead atoms. The quantitative estimate of drug-likeness (QED) is 0.385. The number of anilines is 1. The molecule has 0 amide bonds. The van der Waals surface area contributed by atoms with E-state index in [0.717, 1.165) is 35.7 Å². The lowest BCUT2D eigenvalue weighted by atomic mass is 10.3. The first-order valence-corrected chi connectivity index (χ1v) is 11.5. The van der Waals surface area contributed by atoms with E-state index >= 15 is 0 Å². The maximum atomic E-state index is 12.5. The number of nitrogens with one attached hydrogen (secondary N) is 1. The number of hydrogen-bond donors (Lipinski definition) is 1. The molecule has 0 radical (unpaired) electrons. The Morgan fingerprint density at radius 2 is 1.57 bits per heavy atom. The van der Waals surface area contributed by atoms with Crippen LogP contribution in [-0.2, 0) is 10.0 Å². The normalized spacial score (nSPS) is 11.8. The molecule has 2 heterocycles. The van der Waals surface area contributed by atoms with Crippen LogP contribution in [0.4, 0.5) is 18.9 Å². The summed E-state index contributed by atoms with van der Waals surface area (Å²) in [6.07, 6.45) is -1.87. The van der Waals surface area contributed by atoms with Crippen molar-refractivity contribution >= 4 is 15.7 Å². The number of aryl methyl sites for hydroxylation is 1. The van der Waals surface area contributed by atoms with Gasteiger partial charge in [-0.2, -0.15) is 0 Å². The summed E-state index contributed by atoms with van der Waals surface area (Å²) in [5.41, 5.74) is 2.02. The Balaban J connectivity index is 1.44. The topological polar surface area (TPSA) is 108 Å². The van der Waals surface area contributed by atoms with Gasteiger partial charge in [0, 0.05) is 17.4 Å². The van der Waals surface area contributed by atoms with E-state index in [-0.39, 0.29) is 16.5 Å². The maximum Gasteiger partial charge on any atom is 0.573 e. The number of imidazole rings is 1. The first-order valence-electron chi connectivity index (χ1n) is 10.00. The third-order valence-corrected chi connectivity index (χ3v) is 6.22. The predicted octanol–water partition coefficient (Wildman–Crippen LogP) is 4.77. The molecule has 182 valence electrons. The summed E-state index contributed by atoms with van der Waals surface area (Å²) >= 11 is 0. The van der Waals surface area contributed by atoms with Gasteiger partial charge in [-0.3, -0.25) is 9.29 Å². The Kier molecular flexibility index (Phi) is 6.35. The Hall–Kier alpha value is -4.13. The van der Waals surface area contributed by atoms with Gasteiger partial charge in [0.2, 0.25) is 5.88 Å². The van der Waals surface area contributed by atoms with Gasteiger partial charge < -0.3 is 9.47 Å². The van der Waals surface area contributed by atoms with E-state index in [0.29, 0.717) is 11.6 Å². The van der Waals surface area contributed by atoms with E-state index in [1.807, 2.05) is 13.8 Å². The fraction of sp³-hybridized carbons (Fsp3) is 0.136. The second-order valence-corrected chi connectivity index (χ2v) is 8.93. The predicted molar refractivity (Wildman–Crippen MR) is 119 cm³/mol. The number of sulfonamides is 1. The van der Waals surface area contributed by atoms with Gasteiger partial charge >= 0.3 is 6.36 Å². The van der Waals surface area contributed by atoms with Crippen LogP contribution < -0.4 is 14.2 Å². The van der Waals surface area contributed by atoms with Crippen molar-refractivity contribution in [3.8, 4) is 23.2 Å². The Labute approximate surface area is 198 Å². The van der Waals surface area contributed by atoms with Crippen LogP contribution in [0.25, 0.3) is 5.82 Å². The highest BCUT2D eigenvalue weighted by atomic mass is 32.2. The molecule has 0 spiro atoms. The summed E-state index contributed by atoms with van der Waals surface area (Å²) in [6.45, 7) is 3.80. The van der Waals surface area contributed by atoms with Gasteiger partial charge in [0.25, 0.3) is 10.0 Å². The Bertz CT molecular complexity index is 1440. The lowest BCUT2D eigenvalue weighted by Gasteiger charge is -2.11. The van der Waals surface area contributed by atoms with Crippen LogP contribution in [0.2, 0.25) is 0 Å². The van der Waals surface area contributed by atoms with Crippen LogP contribution in [0.5, 0.6) is 17.4 Å². The SMILES string of the molecule is Cc1ncn(-c2cc(Oc3ccc(NS(=O)(=O)c4ccc(OC(F)(F)F)cc4)cc3)ncn2)c1C. The number of aromatic nitrogens is 4. The van der Waals surface area contributed by atoms with E-state index in [4.69, 9.17) is 4.74 Å². The highest BCUT2D eigenvalue weighted by Gasteiger charge is 2.31. The fourth-order valence-corrected chi connectivity index (χ4v) is 4.05. The number of alkyl halides is 3. The van der Waals surface area contributed by atoms with E-state index in [2.05, 4.69) is 24.4 Å². The summed E-state index contributed by atoms with van der Waals surface area (Å²) in [5.74, 6) is 0.716. The lowest BCUT2D eigenvalue weighted by Crippen LogP contribution is -2.17. The smallest absolute Gasteiger partial charge is 0.439 e. The second-order valence-electron chi connectivity index (χ2n) is 7.25.